The SMILES string of the molecule is CC(CNC(=O)N1CCCC(C(=O)O)C1)Oc1cccc(Br)c1. The molecule has 6 nitrogen and oxygen atoms in total. The van der Waals surface area contributed by atoms with Crippen LogP contribution in [0.25, 0.3) is 0 Å². The molecule has 2 atom stereocenters. The number of carboxylic acids is 1. The first-order chi connectivity index (χ1) is 11.0. The van der Waals surface area contributed by atoms with Gasteiger partial charge in [0.25, 0.3) is 0 Å². The highest BCUT2D eigenvalue weighted by Gasteiger charge is 2.28. The van der Waals surface area contributed by atoms with Crippen molar-refractivity contribution in [3.05, 3.63) is 28.7 Å². The number of aliphatic carboxylic acids is 1. The summed E-state index contributed by atoms with van der Waals surface area (Å²) in [5, 5.41) is 11.9. The number of carbonyl (C=O) groups is 2. The Hall–Kier alpha value is -1.76. The summed E-state index contributed by atoms with van der Waals surface area (Å²) in [4.78, 5) is 24.7. The molecule has 0 bridgehead atoms. The summed E-state index contributed by atoms with van der Waals surface area (Å²) in [6.07, 6.45) is 1.16. The first kappa shape index (κ1) is 17.6. The van der Waals surface area contributed by atoms with E-state index >= 15 is 0 Å². The third-order valence-corrected chi connectivity index (χ3v) is 4.23. The molecule has 2 amide bonds. The average molecular weight is 385 g/mol. The molecule has 126 valence electrons. The number of piperidine rings is 1. The molecule has 1 heterocycles. The van der Waals surface area contributed by atoms with Gasteiger partial charge in [0.05, 0.1) is 12.5 Å². The van der Waals surface area contributed by atoms with E-state index in [0.29, 0.717) is 25.9 Å². The fraction of sp³-hybridized carbons (Fsp3) is 0.500. The molecule has 1 aromatic carbocycles. The first-order valence-electron chi connectivity index (χ1n) is 7.63. The summed E-state index contributed by atoms with van der Waals surface area (Å²) in [7, 11) is 0. The lowest BCUT2D eigenvalue weighted by molar-refractivity contribution is -0.143. The Morgan fingerprint density at radius 3 is 3.00 bits per heavy atom. The smallest absolute Gasteiger partial charge is 0.317 e. The number of likely N-dealkylation sites (tertiary alicyclic amines) is 1. The van der Waals surface area contributed by atoms with Crippen LogP contribution in [0.1, 0.15) is 19.8 Å². The van der Waals surface area contributed by atoms with E-state index in [4.69, 9.17) is 9.84 Å². The molecule has 1 aliphatic rings. The van der Waals surface area contributed by atoms with Crippen LogP contribution in [0.5, 0.6) is 5.75 Å². The summed E-state index contributed by atoms with van der Waals surface area (Å²) in [5.74, 6) is -0.580. The van der Waals surface area contributed by atoms with E-state index in [0.717, 1.165) is 10.2 Å². The van der Waals surface area contributed by atoms with Crippen LogP contribution in [-0.4, -0.2) is 47.7 Å². The lowest BCUT2D eigenvalue weighted by Crippen LogP contribution is -2.48. The minimum atomic E-state index is -0.839. The minimum Gasteiger partial charge on any atom is -0.489 e. The van der Waals surface area contributed by atoms with Crippen molar-refractivity contribution in [2.45, 2.75) is 25.9 Å². The fourth-order valence-electron chi connectivity index (χ4n) is 2.52. The molecule has 0 saturated carbocycles. The van der Waals surface area contributed by atoms with Crippen molar-refractivity contribution in [1.29, 1.82) is 0 Å². The molecule has 0 aromatic heterocycles. The highest BCUT2D eigenvalue weighted by molar-refractivity contribution is 9.10. The van der Waals surface area contributed by atoms with Gasteiger partial charge in [0.2, 0.25) is 0 Å². The van der Waals surface area contributed by atoms with Gasteiger partial charge in [-0.05, 0) is 38.0 Å². The third kappa shape index (κ3) is 5.42. The maximum absolute atomic E-state index is 12.1. The molecule has 0 spiro atoms. The number of rotatable bonds is 5. The van der Waals surface area contributed by atoms with Gasteiger partial charge in [-0.25, -0.2) is 4.79 Å². The number of halogens is 1. The predicted molar refractivity (Wildman–Crippen MR) is 89.6 cm³/mol. The second kappa shape index (κ2) is 8.19. The number of hydrogen-bond donors (Lipinski definition) is 2. The standard InChI is InChI=1S/C16H21BrN2O4/c1-11(23-14-6-2-5-13(17)8-14)9-18-16(22)19-7-3-4-12(10-19)15(20)21/h2,5-6,8,11-12H,3-4,7,9-10H2,1H3,(H,18,22)(H,20,21). The molecular weight excluding hydrogens is 364 g/mol. The van der Waals surface area contributed by atoms with Crippen LogP contribution in [0, 0.1) is 5.92 Å². The molecule has 1 aliphatic heterocycles. The van der Waals surface area contributed by atoms with Crippen molar-refractivity contribution < 1.29 is 19.4 Å². The number of urea groups is 1. The lowest BCUT2D eigenvalue weighted by Gasteiger charge is -2.31. The lowest BCUT2D eigenvalue weighted by atomic mass is 9.99. The van der Waals surface area contributed by atoms with Crippen LogP contribution >= 0.6 is 15.9 Å². The van der Waals surface area contributed by atoms with E-state index in [1.165, 1.54) is 0 Å². The molecule has 7 heteroatoms. The van der Waals surface area contributed by atoms with Gasteiger partial charge in [0, 0.05) is 17.6 Å². The Kier molecular flexibility index (Phi) is 6.27. The van der Waals surface area contributed by atoms with Crippen molar-refractivity contribution in [2.75, 3.05) is 19.6 Å². The van der Waals surface area contributed by atoms with Gasteiger partial charge in [-0.3, -0.25) is 4.79 Å². The Labute approximate surface area is 143 Å². The maximum atomic E-state index is 12.1. The summed E-state index contributed by atoms with van der Waals surface area (Å²) in [5.41, 5.74) is 0. The van der Waals surface area contributed by atoms with Crippen LogP contribution in [0.15, 0.2) is 28.7 Å². The van der Waals surface area contributed by atoms with Crippen LogP contribution in [0.4, 0.5) is 4.79 Å². The highest BCUT2D eigenvalue weighted by atomic mass is 79.9. The summed E-state index contributed by atoms with van der Waals surface area (Å²) >= 11 is 3.38. The van der Waals surface area contributed by atoms with Crippen molar-refractivity contribution in [2.24, 2.45) is 5.92 Å². The topological polar surface area (TPSA) is 78.9 Å². The molecule has 1 saturated heterocycles. The molecule has 0 radical (unpaired) electrons. The van der Waals surface area contributed by atoms with Gasteiger partial charge in [0.1, 0.15) is 11.9 Å². The van der Waals surface area contributed by atoms with E-state index in [1.807, 2.05) is 31.2 Å². The number of hydrogen-bond acceptors (Lipinski definition) is 3. The Morgan fingerprint density at radius 2 is 2.30 bits per heavy atom. The van der Waals surface area contributed by atoms with Gasteiger partial charge in [-0.2, -0.15) is 0 Å². The van der Waals surface area contributed by atoms with Crippen LogP contribution in [0.3, 0.4) is 0 Å². The molecule has 2 N–H and O–H groups in total. The number of nitrogens with one attached hydrogen (secondary N) is 1. The average Bonchev–Trinajstić information content (AvgIpc) is 2.52. The normalized spacial score (nSPS) is 19.0. The largest absolute Gasteiger partial charge is 0.489 e. The molecule has 2 rings (SSSR count). The molecule has 0 aliphatic carbocycles. The van der Waals surface area contributed by atoms with Crippen LogP contribution < -0.4 is 10.1 Å². The second-order valence-electron chi connectivity index (χ2n) is 5.70. The van der Waals surface area contributed by atoms with Gasteiger partial charge in [-0.15, -0.1) is 0 Å². The van der Waals surface area contributed by atoms with Gasteiger partial charge in [-0.1, -0.05) is 22.0 Å². The third-order valence-electron chi connectivity index (χ3n) is 3.73. The maximum Gasteiger partial charge on any atom is 0.317 e. The van der Waals surface area contributed by atoms with Gasteiger partial charge >= 0.3 is 12.0 Å². The number of benzene rings is 1. The number of nitrogens with zero attached hydrogens (tertiary/aromatic N) is 1. The Morgan fingerprint density at radius 1 is 1.52 bits per heavy atom. The second-order valence-corrected chi connectivity index (χ2v) is 6.61. The Balaban J connectivity index is 1.78. The van der Waals surface area contributed by atoms with E-state index in [-0.39, 0.29) is 18.7 Å². The molecular formula is C16H21BrN2O4. The minimum absolute atomic E-state index is 0.187. The van der Waals surface area contributed by atoms with E-state index in [2.05, 4.69) is 21.2 Å². The van der Waals surface area contributed by atoms with E-state index < -0.39 is 11.9 Å². The van der Waals surface area contributed by atoms with E-state index in [9.17, 15) is 9.59 Å². The van der Waals surface area contributed by atoms with Gasteiger partial charge in [0.15, 0.2) is 0 Å². The zero-order valence-electron chi connectivity index (χ0n) is 13.0. The molecule has 23 heavy (non-hydrogen) atoms. The van der Waals surface area contributed by atoms with E-state index in [1.54, 1.807) is 4.90 Å². The summed E-state index contributed by atoms with van der Waals surface area (Å²) in [6, 6.07) is 7.27. The number of carboxylic acid groups (broad SMARTS) is 1. The van der Waals surface area contributed by atoms with Crippen LogP contribution in [-0.2, 0) is 4.79 Å². The Bertz CT molecular complexity index is 567. The van der Waals surface area contributed by atoms with Crippen molar-refractivity contribution in [3.63, 3.8) is 0 Å². The molecule has 2 unspecified atom stereocenters. The number of carbonyl (C=O) groups excluding carboxylic acids is 1. The summed E-state index contributed by atoms with van der Waals surface area (Å²) < 4.78 is 6.66. The van der Waals surface area contributed by atoms with Crippen molar-refractivity contribution in [1.82, 2.24) is 10.2 Å². The fourth-order valence-corrected chi connectivity index (χ4v) is 2.90. The quantitative estimate of drug-likeness (QED) is 0.817. The van der Waals surface area contributed by atoms with Crippen molar-refractivity contribution >= 4 is 27.9 Å². The highest BCUT2D eigenvalue weighted by Crippen LogP contribution is 2.19. The van der Waals surface area contributed by atoms with Crippen molar-refractivity contribution in [3.8, 4) is 5.75 Å². The molecule has 1 fully saturated rings. The molecule has 1 aromatic rings. The first-order valence-corrected chi connectivity index (χ1v) is 8.43. The zero-order chi connectivity index (χ0) is 16.8. The zero-order valence-corrected chi connectivity index (χ0v) is 14.6. The monoisotopic (exact) mass is 384 g/mol. The predicted octanol–water partition coefficient (Wildman–Crippen LogP) is 2.72. The number of amides is 2. The van der Waals surface area contributed by atoms with Crippen LogP contribution in [0.2, 0.25) is 0 Å². The number of ether oxygens (including phenoxy) is 1. The summed E-state index contributed by atoms with van der Waals surface area (Å²) in [6.45, 7) is 3.09. The van der Waals surface area contributed by atoms with Gasteiger partial charge < -0.3 is 20.1 Å².